The Morgan fingerprint density at radius 2 is 2.21 bits per heavy atom. The Balaban J connectivity index is 2.30. The first-order chi connectivity index (χ1) is 9.04. The van der Waals surface area contributed by atoms with E-state index in [4.69, 9.17) is 5.26 Å². The molecule has 0 saturated heterocycles. The second-order valence-electron chi connectivity index (χ2n) is 3.54. The summed E-state index contributed by atoms with van der Waals surface area (Å²) in [7, 11) is -4.00. The van der Waals surface area contributed by atoms with E-state index < -0.39 is 26.3 Å². The molecular weight excluding hydrogens is 273 g/mol. The second-order valence-corrected chi connectivity index (χ2v) is 5.28. The van der Waals surface area contributed by atoms with Gasteiger partial charge in [-0.15, -0.1) is 0 Å². The number of benzene rings is 1. The smallest absolute Gasteiger partial charge is 0.242 e. The highest BCUT2D eigenvalue weighted by molar-refractivity contribution is 7.89. The molecule has 0 atom stereocenters. The number of nitrogens with zero attached hydrogens (tertiary/aromatic N) is 2. The lowest BCUT2D eigenvalue weighted by molar-refractivity contribution is 0.411. The van der Waals surface area contributed by atoms with Crippen LogP contribution in [0, 0.1) is 17.1 Å². The molecule has 1 aromatic heterocycles. The monoisotopic (exact) mass is 281 g/mol. The summed E-state index contributed by atoms with van der Waals surface area (Å²) in [5, 5.41) is 12.3. The van der Waals surface area contributed by atoms with Gasteiger partial charge >= 0.3 is 0 Å². The van der Waals surface area contributed by atoms with Gasteiger partial charge in [0.25, 0.3) is 0 Å². The summed E-state index contributed by atoms with van der Waals surface area (Å²) in [5.41, 5.74) is -0.145. The average Bonchev–Trinajstić information content (AvgIpc) is 2.89. The molecule has 0 radical (unpaired) electrons. The quantitative estimate of drug-likeness (QED) is 0.907. The minimum Gasteiger partial charge on any atom is -0.364 e. The number of nitriles is 1. The van der Waals surface area contributed by atoms with Crippen molar-refractivity contribution in [2.45, 2.75) is 11.4 Å². The van der Waals surface area contributed by atoms with Crippen molar-refractivity contribution in [3.63, 3.8) is 0 Å². The molecule has 0 aliphatic rings. The van der Waals surface area contributed by atoms with Crippen LogP contribution in [0.4, 0.5) is 4.39 Å². The first-order valence-electron chi connectivity index (χ1n) is 5.12. The van der Waals surface area contributed by atoms with Crippen LogP contribution in [0.15, 0.2) is 39.9 Å². The van der Waals surface area contributed by atoms with Crippen LogP contribution in [0.1, 0.15) is 11.3 Å². The molecule has 1 heterocycles. The molecule has 1 N–H and O–H groups in total. The molecule has 0 aliphatic heterocycles. The Hall–Kier alpha value is -2.24. The van der Waals surface area contributed by atoms with Gasteiger partial charge in [-0.25, -0.2) is 17.5 Å². The normalized spacial score (nSPS) is 11.2. The molecule has 0 aliphatic carbocycles. The van der Waals surface area contributed by atoms with Crippen LogP contribution in [0.5, 0.6) is 0 Å². The van der Waals surface area contributed by atoms with Crippen LogP contribution in [0.25, 0.3) is 0 Å². The number of sulfonamides is 1. The van der Waals surface area contributed by atoms with Crippen LogP contribution in [0.2, 0.25) is 0 Å². The van der Waals surface area contributed by atoms with Gasteiger partial charge in [-0.05, 0) is 12.1 Å². The van der Waals surface area contributed by atoms with Crippen molar-refractivity contribution >= 4 is 10.0 Å². The third kappa shape index (κ3) is 2.78. The molecule has 0 unspecified atom stereocenters. The van der Waals surface area contributed by atoms with Crippen molar-refractivity contribution < 1.29 is 17.3 Å². The van der Waals surface area contributed by atoms with Gasteiger partial charge in [0, 0.05) is 6.07 Å². The Kier molecular flexibility index (Phi) is 3.59. The van der Waals surface area contributed by atoms with Gasteiger partial charge in [-0.2, -0.15) is 5.26 Å². The highest BCUT2D eigenvalue weighted by Gasteiger charge is 2.21. The van der Waals surface area contributed by atoms with Crippen LogP contribution >= 0.6 is 0 Å². The molecule has 2 rings (SSSR count). The lowest BCUT2D eigenvalue weighted by atomic mass is 10.2. The second kappa shape index (κ2) is 5.17. The van der Waals surface area contributed by atoms with E-state index in [0.717, 1.165) is 12.1 Å². The summed E-state index contributed by atoms with van der Waals surface area (Å²) in [6.45, 7) is -0.111. The number of rotatable bonds is 4. The fourth-order valence-corrected chi connectivity index (χ4v) is 2.58. The topological polar surface area (TPSA) is 96.0 Å². The van der Waals surface area contributed by atoms with Gasteiger partial charge in [0.15, 0.2) is 0 Å². The van der Waals surface area contributed by atoms with E-state index in [9.17, 15) is 12.8 Å². The van der Waals surface area contributed by atoms with E-state index in [1.807, 2.05) is 0 Å². The lowest BCUT2D eigenvalue weighted by Crippen LogP contribution is -2.24. The van der Waals surface area contributed by atoms with Gasteiger partial charge in [-0.1, -0.05) is 11.2 Å². The standard InChI is InChI=1S/C11H8FN3O3S/c12-10-2-1-3-11(9(10)6-13)19(16,17)14-7-8-4-5-18-15-8/h1-5,14H,7H2. The molecule has 0 bridgehead atoms. The van der Waals surface area contributed by atoms with E-state index in [-0.39, 0.29) is 6.54 Å². The minimum absolute atomic E-state index is 0.111. The van der Waals surface area contributed by atoms with E-state index >= 15 is 0 Å². The van der Waals surface area contributed by atoms with Gasteiger partial charge < -0.3 is 4.52 Å². The average molecular weight is 281 g/mol. The maximum absolute atomic E-state index is 13.4. The van der Waals surface area contributed by atoms with Crippen molar-refractivity contribution in [1.82, 2.24) is 9.88 Å². The van der Waals surface area contributed by atoms with Crippen LogP contribution in [-0.4, -0.2) is 13.6 Å². The lowest BCUT2D eigenvalue weighted by Gasteiger charge is -2.07. The fraction of sp³-hybridized carbons (Fsp3) is 0.0909. The highest BCUT2D eigenvalue weighted by atomic mass is 32.2. The molecule has 2 aromatic rings. The molecule has 98 valence electrons. The van der Waals surface area contributed by atoms with Crippen LogP contribution in [0.3, 0.4) is 0 Å². The van der Waals surface area contributed by atoms with Crippen molar-refractivity contribution in [2.75, 3.05) is 0 Å². The van der Waals surface area contributed by atoms with Crippen molar-refractivity contribution in [3.8, 4) is 6.07 Å². The summed E-state index contributed by atoms with van der Waals surface area (Å²) in [4.78, 5) is -0.404. The van der Waals surface area contributed by atoms with Crippen molar-refractivity contribution in [2.24, 2.45) is 0 Å². The number of nitrogens with one attached hydrogen (secondary N) is 1. The maximum atomic E-state index is 13.4. The van der Waals surface area contributed by atoms with Crippen molar-refractivity contribution in [3.05, 3.63) is 47.6 Å². The van der Waals surface area contributed by atoms with E-state index in [1.165, 1.54) is 24.5 Å². The molecule has 0 fully saturated rings. The summed E-state index contributed by atoms with van der Waals surface area (Å²) >= 11 is 0. The molecule has 6 nitrogen and oxygen atoms in total. The molecule has 0 spiro atoms. The van der Waals surface area contributed by atoms with Crippen molar-refractivity contribution in [1.29, 1.82) is 5.26 Å². The zero-order valence-electron chi connectivity index (χ0n) is 9.50. The van der Waals surface area contributed by atoms with Gasteiger partial charge in [0.1, 0.15) is 28.6 Å². The maximum Gasteiger partial charge on any atom is 0.242 e. The van der Waals surface area contributed by atoms with Gasteiger partial charge in [0.05, 0.1) is 12.2 Å². The number of hydrogen-bond acceptors (Lipinski definition) is 5. The minimum atomic E-state index is -4.00. The first kappa shape index (κ1) is 13.2. The number of halogens is 1. The zero-order valence-corrected chi connectivity index (χ0v) is 10.3. The third-order valence-corrected chi connectivity index (χ3v) is 3.75. The van der Waals surface area contributed by atoms with Gasteiger partial charge in [-0.3, -0.25) is 0 Å². The molecule has 19 heavy (non-hydrogen) atoms. The molecular formula is C11H8FN3O3S. The predicted octanol–water partition coefficient (Wildman–Crippen LogP) is 1.16. The zero-order chi connectivity index (χ0) is 13.9. The van der Waals surface area contributed by atoms with E-state index in [0.29, 0.717) is 5.69 Å². The number of aromatic nitrogens is 1. The first-order valence-corrected chi connectivity index (χ1v) is 6.60. The van der Waals surface area contributed by atoms with Gasteiger partial charge in [0.2, 0.25) is 10.0 Å². The highest BCUT2D eigenvalue weighted by Crippen LogP contribution is 2.17. The molecule has 8 heteroatoms. The number of hydrogen-bond donors (Lipinski definition) is 1. The Bertz CT molecular complexity index is 720. The summed E-state index contributed by atoms with van der Waals surface area (Å²) in [6, 6.07) is 6.43. The Morgan fingerprint density at radius 3 is 2.84 bits per heavy atom. The van der Waals surface area contributed by atoms with E-state index in [2.05, 4.69) is 14.4 Å². The Morgan fingerprint density at radius 1 is 1.42 bits per heavy atom. The fourth-order valence-electron chi connectivity index (χ4n) is 1.41. The SMILES string of the molecule is N#Cc1c(F)cccc1S(=O)(=O)NCc1ccon1. The summed E-state index contributed by atoms with van der Waals surface area (Å²) in [6.07, 6.45) is 1.30. The summed E-state index contributed by atoms with van der Waals surface area (Å²) < 4.78 is 44.1. The van der Waals surface area contributed by atoms with Crippen LogP contribution < -0.4 is 4.72 Å². The predicted molar refractivity (Wildman–Crippen MR) is 61.6 cm³/mol. The Labute approximate surface area is 108 Å². The third-order valence-electron chi connectivity index (χ3n) is 2.31. The molecule has 0 saturated carbocycles. The molecule has 1 aromatic carbocycles. The van der Waals surface area contributed by atoms with E-state index in [1.54, 1.807) is 0 Å². The largest absolute Gasteiger partial charge is 0.364 e. The summed E-state index contributed by atoms with van der Waals surface area (Å²) in [5.74, 6) is -0.883. The van der Waals surface area contributed by atoms with Crippen LogP contribution in [-0.2, 0) is 16.6 Å². The molecule has 0 amide bonds.